The number of nitrogens with zero attached hydrogens (tertiary/aromatic N) is 3. The van der Waals surface area contributed by atoms with E-state index in [-0.39, 0.29) is 5.89 Å². The molecule has 0 aliphatic carbocycles. The number of carbonyl (C=O) groups excluding carboxylic acids is 1. The Labute approximate surface area is 200 Å². The minimum Gasteiger partial charge on any atom is -0.334 e. The zero-order chi connectivity index (χ0) is 24.7. The molecule has 176 valence electrons. The average Bonchev–Trinajstić information content (AvgIpc) is 3.31. The van der Waals surface area contributed by atoms with E-state index in [0.717, 1.165) is 11.1 Å². The molecule has 0 saturated heterocycles. The maximum absolute atomic E-state index is 14.4. The molecule has 1 unspecified atom stereocenters. The molecule has 6 nitrogen and oxygen atoms in total. The molecule has 1 aliphatic rings. The van der Waals surface area contributed by atoms with E-state index in [2.05, 4.69) is 15.5 Å². The lowest BCUT2D eigenvalue weighted by atomic mass is 9.94. The summed E-state index contributed by atoms with van der Waals surface area (Å²) in [5.41, 5.74) is 4.09. The van der Waals surface area contributed by atoms with Crippen molar-refractivity contribution in [3.05, 3.63) is 107 Å². The van der Waals surface area contributed by atoms with Crippen LogP contribution in [-0.4, -0.2) is 16.2 Å². The SMILES string of the molecule is CC1=C(c2nc(-c3cccc(C)c3)no2)C(c2cccc(F)c2)NC(=O)N1c1ccc(C)c(F)c1. The predicted octanol–water partition coefficient (Wildman–Crippen LogP) is 6.33. The molecule has 5 rings (SSSR count). The molecule has 0 spiro atoms. The molecule has 4 aromatic rings. The minimum atomic E-state index is -0.754. The first-order valence-corrected chi connectivity index (χ1v) is 11.1. The molecule has 1 aliphatic heterocycles. The highest BCUT2D eigenvalue weighted by Gasteiger charge is 2.36. The second-order valence-corrected chi connectivity index (χ2v) is 8.50. The Bertz CT molecular complexity index is 1480. The molecule has 0 bridgehead atoms. The number of amides is 2. The summed E-state index contributed by atoms with van der Waals surface area (Å²) in [5, 5.41) is 7.03. The summed E-state index contributed by atoms with van der Waals surface area (Å²) in [6, 6.07) is 16.9. The van der Waals surface area contributed by atoms with Gasteiger partial charge in [0.15, 0.2) is 0 Å². The van der Waals surface area contributed by atoms with E-state index >= 15 is 0 Å². The number of halogens is 2. The number of aryl methyl sites for hydroxylation is 2. The highest BCUT2D eigenvalue weighted by Crippen LogP contribution is 2.39. The van der Waals surface area contributed by atoms with E-state index in [4.69, 9.17) is 4.52 Å². The molecule has 8 heteroatoms. The van der Waals surface area contributed by atoms with Crippen LogP contribution in [-0.2, 0) is 0 Å². The quantitative estimate of drug-likeness (QED) is 0.377. The van der Waals surface area contributed by atoms with E-state index in [1.54, 1.807) is 38.1 Å². The highest BCUT2D eigenvalue weighted by atomic mass is 19.1. The number of anilines is 1. The normalized spacial score (nSPS) is 16.0. The van der Waals surface area contributed by atoms with Gasteiger partial charge in [-0.2, -0.15) is 4.98 Å². The summed E-state index contributed by atoms with van der Waals surface area (Å²) in [6.07, 6.45) is 0. The van der Waals surface area contributed by atoms with Crippen molar-refractivity contribution in [2.75, 3.05) is 4.90 Å². The van der Waals surface area contributed by atoms with E-state index in [0.29, 0.717) is 33.9 Å². The van der Waals surface area contributed by atoms with Crippen molar-refractivity contribution >= 4 is 17.3 Å². The molecule has 0 radical (unpaired) electrons. The van der Waals surface area contributed by atoms with E-state index in [9.17, 15) is 13.6 Å². The molecule has 2 amide bonds. The monoisotopic (exact) mass is 472 g/mol. The van der Waals surface area contributed by atoms with Crippen LogP contribution in [0.4, 0.5) is 19.3 Å². The van der Waals surface area contributed by atoms with Crippen molar-refractivity contribution in [1.29, 1.82) is 0 Å². The average molecular weight is 472 g/mol. The van der Waals surface area contributed by atoms with Crippen molar-refractivity contribution in [1.82, 2.24) is 15.5 Å². The molecule has 1 N–H and O–H groups in total. The third-order valence-corrected chi connectivity index (χ3v) is 6.01. The summed E-state index contributed by atoms with van der Waals surface area (Å²) in [5.74, 6) is -0.322. The van der Waals surface area contributed by atoms with E-state index in [1.165, 1.54) is 23.1 Å². The van der Waals surface area contributed by atoms with Gasteiger partial charge in [0.05, 0.1) is 17.3 Å². The van der Waals surface area contributed by atoms with Gasteiger partial charge in [-0.3, -0.25) is 4.90 Å². The molecule has 2 heterocycles. The van der Waals surface area contributed by atoms with Gasteiger partial charge < -0.3 is 9.84 Å². The van der Waals surface area contributed by atoms with Gasteiger partial charge in [-0.25, -0.2) is 13.6 Å². The van der Waals surface area contributed by atoms with Crippen molar-refractivity contribution in [2.45, 2.75) is 26.8 Å². The third kappa shape index (κ3) is 4.19. The number of urea groups is 1. The Morgan fingerprint density at radius 2 is 1.77 bits per heavy atom. The lowest BCUT2D eigenvalue weighted by Gasteiger charge is -2.35. The van der Waals surface area contributed by atoms with Crippen LogP contribution in [0.15, 0.2) is 77.0 Å². The van der Waals surface area contributed by atoms with Gasteiger partial charge in [-0.05, 0) is 62.2 Å². The van der Waals surface area contributed by atoms with Crippen LogP contribution in [0.5, 0.6) is 0 Å². The van der Waals surface area contributed by atoms with Gasteiger partial charge in [-0.1, -0.05) is 47.1 Å². The number of rotatable bonds is 4. The zero-order valence-corrected chi connectivity index (χ0v) is 19.3. The van der Waals surface area contributed by atoms with Gasteiger partial charge >= 0.3 is 6.03 Å². The standard InChI is InChI=1S/C27H22F2N4O2/c1-15-6-4-8-19(12-15)25-31-26(35-32-25)23-17(3)33(21-11-10-16(2)22(29)14-21)27(34)30-24(23)18-7-5-9-20(28)13-18/h4-14,24H,1-3H3,(H,30,34). The van der Waals surface area contributed by atoms with E-state index < -0.39 is 23.7 Å². The van der Waals surface area contributed by atoms with Crippen molar-refractivity contribution in [3.8, 4) is 11.4 Å². The molecule has 35 heavy (non-hydrogen) atoms. The molecule has 0 saturated carbocycles. The van der Waals surface area contributed by atoms with Crippen LogP contribution in [0.3, 0.4) is 0 Å². The lowest BCUT2D eigenvalue weighted by molar-refractivity contribution is 0.244. The van der Waals surface area contributed by atoms with Gasteiger partial charge in [0.2, 0.25) is 5.82 Å². The maximum Gasteiger partial charge on any atom is 0.327 e. The van der Waals surface area contributed by atoms with Gasteiger partial charge in [0.1, 0.15) is 11.6 Å². The first-order valence-electron chi connectivity index (χ1n) is 11.1. The van der Waals surface area contributed by atoms with Crippen LogP contribution in [0.25, 0.3) is 17.0 Å². The summed E-state index contributed by atoms with van der Waals surface area (Å²) >= 11 is 0. The van der Waals surface area contributed by atoms with Crippen molar-refractivity contribution < 1.29 is 18.1 Å². The Balaban J connectivity index is 1.67. The minimum absolute atomic E-state index is 0.172. The van der Waals surface area contributed by atoms with Crippen LogP contribution >= 0.6 is 0 Å². The number of hydrogen-bond donors (Lipinski definition) is 1. The molecule has 1 atom stereocenters. The Morgan fingerprint density at radius 3 is 2.51 bits per heavy atom. The molecule has 0 fully saturated rings. The number of benzene rings is 3. The largest absolute Gasteiger partial charge is 0.334 e. The smallest absolute Gasteiger partial charge is 0.327 e. The summed E-state index contributed by atoms with van der Waals surface area (Å²) < 4.78 is 34.1. The topological polar surface area (TPSA) is 71.3 Å². The second kappa shape index (κ2) is 8.79. The van der Waals surface area contributed by atoms with E-state index in [1.807, 2.05) is 31.2 Å². The molecular weight excluding hydrogens is 450 g/mol. The summed E-state index contributed by atoms with van der Waals surface area (Å²) in [6.45, 7) is 5.33. The fourth-order valence-electron chi connectivity index (χ4n) is 4.22. The number of aromatic nitrogens is 2. The van der Waals surface area contributed by atoms with Crippen LogP contribution in [0.2, 0.25) is 0 Å². The van der Waals surface area contributed by atoms with Crippen molar-refractivity contribution in [2.24, 2.45) is 0 Å². The molecule has 3 aromatic carbocycles. The van der Waals surface area contributed by atoms with Gasteiger partial charge in [-0.15, -0.1) is 0 Å². The Kier molecular flexibility index (Phi) is 5.64. The first-order chi connectivity index (χ1) is 16.8. The van der Waals surface area contributed by atoms with Crippen LogP contribution in [0.1, 0.15) is 35.5 Å². The Morgan fingerprint density at radius 1 is 0.971 bits per heavy atom. The molecule has 1 aromatic heterocycles. The van der Waals surface area contributed by atoms with Gasteiger partial charge in [0.25, 0.3) is 5.89 Å². The van der Waals surface area contributed by atoms with Crippen molar-refractivity contribution in [3.63, 3.8) is 0 Å². The summed E-state index contributed by atoms with van der Waals surface area (Å²) in [7, 11) is 0. The highest BCUT2D eigenvalue weighted by molar-refractivity contribution is 6.01. The fraction of sp³-hybridized carbons (Fsp3) is 0.148. The number of hydrogen-bond acceptors (Lipinski definition) is 4. The molecular formula is C27H22F2N4O2. The number of carbonyl (C=O) groups is 1. The first kappa shape index (κ1) is 22.5. The van der Waals surface area contributed by atoms with Gasteiger partial charge in [0, 0.05) is 11.3 Å². The Hall–Kier alpha value is -4.33. The number of allylic oxidation sites excluding steroid dienone is 1. The summed E-state index contributed by atoms with van der Waals surface area (Å²) in [4.78, 5) is 19.2. The number of nitrogens with one attached hydrogen (secondary N) is 1. The third-order valence-electron chi connectivity index (χ3n) is 6.01. The predicted molar refractivity (Wildman–Crippen MR) is 128 cm³/mol. The van der Waals surface area contributed by atoms with Crippen LogP contribution in [0, 0.1) is 25.5 Å². The fourth-order valence-corrected chi connectivity index (χ4v) is 4.22. The van der Waals surface area contributed by atoms with Crippen LogP contribution < -0.4 is 10.2 Å². The lowest BCUT2D eigenvalue weighted by Crippen LogP contribution is -2.46. The maximum atomic E-state index is 14.4. The zero-order valence-electron chi connectivity index (χ0n) is 19.3. The second-order valence-electron chi connectivity index (χ2n) is 8.50.